The van der Waals surface area contributed by atoms with E-state index in [1.807, 2.05) is 0 Å². The molecule has 3 nitrogen and oxygen atoms in total. The first-order chi connectivity index (χ1) is 1.73. The first-order valence-corrected chi connectivity index (χ1v) is 0.775. The van der Waals surface area contributed by atoms with Crippen LogP contribution in [0.3, 0.4) is 0 Å². The number of rotatable bonds is 0. The zero-order valence-corrected chi connectivity index (χ0v) is 8.74. The molecule has 7 heteroatoms. The minimum absolute atomic E-state index is 0. The average Bonchev–Trinajstić information content (AvgIpc) is 0.811. The summed E-state index contributed by atoms with van der Waals surface area (Å²) in [6.45, 7) is 0. The van der Waals surface area contributed by atoms with Crippen molar-refractivity contribution in [3.05, 3.63) is 0 Å². The molecule has 0 spiro atoms. The van der Waals surface area contributed by atoms with Gasteiger partial charge in [-0.3, -0.25) is 0 Å². The molecule has 1 radical (unpaired) electrons. The van der Waals surface area contributed by atoms with Gasteiger partial charge in [0.25, 0.3) is 0 Å². The van der Waals surface area contributed by atoms with Crippen LogP contribution in [0.5, 0.6) is 0 Å². The molecule has 0 aliphatic carbocycles. The van der Waals surface area contributed by atoms with E-state index in [4.69, 9.17) is 15.1 Å². The molecule has 0 saturated carbocycles. The van der Waals surface area contributed by atoms with Gasteiger partial charge in [0.2, 0.25) is 0 Å². The molecule has 7 heavy (non-hydrogen) atoms. The Labute approximate surface area is 139 Å². The van der Waals surface area contributed by atoms with Crippen LogP contribution in [0.25, 0.3) is 0 Å². The summed E-state index contributed by atoms with van der Waals surface area (Å²) in [7, 11) is -2.17. The third-order valence-corrected chi connectivity index (χ3v) is 0. The molecule has 0 bridgehead atoms. The van der Waals surface area contributed by atoms with E-state index in [0.29, 0.717) is 0 Å². The molecule has 3 N–H and O–H groups in total. The fourth-order valence-corrected chi connectivity index (χ4v) is 0. The fourth-order valence-electron chi connectivity index (χ4n) is 0. The summed E-state index contributed by atoms with van der Waals surface area (Å²) in [5.41, 5.74) is 0. The van der Waals surface area contributed by atoms with Gasteiger partial charge in [-0.1, -0.05) is 0 Å². The van der Waals surface area contributed by atoms with Gasteiger partial charge < -0.3 is 15.1 Å². The van der Waals surface area contributed by atoms with Gasteiger partial charge in [-0.25, -0.2) is 0 Å². The second-order valence-corrected chi connectivity index (χ2v) is 0.346. The van der Waals surface area contributed by atoms with Crippen molar-refractivity contribution in [1.82, 2.24) is 0 Å². The summed E-state index contributed by atoms with van der Waals surface area (Å²) in [4.78, 5) is 0. The van der Waals surface area contributed by atoms with Crippen LogP contribution in [0.1, 0.15) is 0 Å². The van der Waals surface area contributed by atoms with Gasteiger partial charge in [0.15, 0.2) is 0 Å². The molecule has 0 aliphatic rings. The summed E-state index contributed by atoms with van der Waals surface area (Å²) >= 11 is 0. The van der Waals surface area contributed by atoms with E-state index >= 15 is 0 Å². The van der Waals surface area contributed by atoms with Crippen molar-refractivity contribution < 1.29 is 90.6 Å². The van der Waals surface area contributed by atoms with Gasteiger partial charge in [-0.2, -0.15) is 0 Å². The molecule has 0 rings (SSSR count). The maximum absolute atomic E-state index is 7.17. The molecule has 0 unspecified atom stereocenters. The summed E-state index contributed by atoms with van der Waals surface area (Å²) in [6, 6.07) is 0. The van der Waals surface area contributed by atoms with Crippen molar-refractivity contribution in [2.24, 2.45) is 0 Å². The maximum atomic E-state index is 7.17. The van der Waals surface area contributed by atoms with E-state index in [2.05, 4.69) is 0 Å². The van der Waals surface area contributed by atoms with E-state index < -0.39 is 7.32 Å². The Kier molecular flexibility index (Phi) is 52.9. The van der Waals surface area contributed by atoms with Crippen LogP contribution >= 0.6 is 0 Å². The topological polar surface area (TPSA) is 60.7 Å². The predicted molar refractivity (Wildman–Crippen MR) is 21.0 cm³/mol. The predicted octanol–water partition coefficient (Wildman–Crippen LogP) is -2.97. The Morgan fingerprint density at radius 2 is 1.00 bits per heavy atom. The Balaban J connectivity index is -0.0000000150. The third-order valence-electron chi connectivity index (χ3n) is 0. The Morgan fingerprint density at radius 3 is 1.00 bits per heavy atom. The van der Waals surface area contributed by atoms with Crippen LogP contribution in [-0.2, 0) is 0 Å². The molecule has 0 aliphatic heterocycles. The minimum atomic E-state index is -2.17. The fraction of sp³-hybridized carbons (Fsp3) is 0. The molecule has 0 fully saturated rings. The monoisotopic (exact) mass is 449 g/mol. The van der Waals surface area contributed by atoms with Crippen molar-refractivity contribution in [2.75, 3.05) is 0 Å². The SMILES string of the molecule is OB(O)O.[Gd].[La].[SrH2]. The van der Waals surface area contributed by atoms with Gasteiger partial charge in [-0.05, 0) is 0 Å². The molecule has 0 atom stereocenters. The zero-order chi connectivity index (χ0) is 3.58. The number of hydrogen-bond donors (Lipinski definition) is 3. The molecule has 0 heterocycles. The van der Waals surface area contributed by atoms with E-state index in [1.165, 1.54) is 0 Å². The number of hydrogen-bond acceptors (Lipinski definition) is 3. The zero-order valence-electron chi connectivity index (χ0n) is 2.85. The normalized spacial score (nSPS) is 3.86. The quantitative estimate of drug-likeness (QED) is 0.348. The van der Waals surface area contributed by atoms with E-state index in [-0.39, 0.29) is 121 Å². The van der Waals surface area contributed by atoms with Gasteiger partial charge in [0.05, 0.1) is 0 Å². The first-order valence-electron chi connectivity index (χ1n) is 0.775. The molecule has 0 amide bonds. The second kappa shape index (κ2) is 16.5. The third kappa shape index (κ3) is 40.3. The Morgan fingerprint density at radius 1 is 1.00 bits per heavy atom. The summed E-state index contributed by atoms with van der Waals surface area (Å²) in [6.07, 6.45) is 0. The molecular formula is H5BGdLaO3Sr. The van der Waals surface area contributed by atoms with Crippen LogP contribution in [-0.4, -0.2) is 67.9 Å². The molecule has 0 aromatic heterocycles. The van der Waals surface area contributed by atoms with Crippen LogP contribution < -0.4 is 0 Å². The molecule has 0 saturated heterocycles. The second-order valence-electron chi connectivity index (χ2n) is 0.346. The van der Waals surface area contributed by atoms with Gasteiger partial charge in [0, 0.05) is 75.5 Å². The van der Waals surface area contributed by atoms with Gasteiger partial charge in [-0.15, -0.1) is 0 Å². The van der Waals surface area contributed by atoms with E-state index in [1.54, 1.807) is 0 Å². The van der Waals surface area contributed by atoms with Gasteiger partial charge in [0.1, 0.15) is 0 Å². The van der Waals surface area contributed by atoms with Crippen molar-refractivity contribution in [3.63, 3.8) is 0 Å². The van der Waals surface area contributed by atoms with E-state index in [9.17, 15) is 0 Å². The summed E-state index contributed by atoms with van der Waals surface area (Å²) < 4.78 is 0. The molecule has 39 valence electrons. The Hall–Kier alpha value is 3.94. The van der Waals surface area contributed by atoms with E-state index in [0.717, 1.165) is 0 Å². The van der Waals surface area contributed by atoms with Crippen molar-refractivity contribution in [2.45, 2.75) is 0 Å². The first kappa shape index (κ1) is 22.4. The van der Waals surface area contributed by atoms with Crippen molar-refractivity contribution in [3.8, 4) is 0 Å². The van der Waals surface area contributed by atoms with Crippen LogP contribution in [0.15, 0.2) is 0 Å². The van der Waals surface area contributed by atoms with Gasteiger partial charge >= 0.3 is 52.8 Å². The van der Waals surface area contributed by atoms with Crippen LogP contribution in [0.4, 0.5) is 0 Å². The summed E-state index contributed by atoms with van der Waals surface area (Å²) in [5, 5.41) is 21.5. The van der Waals surface area contributed by atoms with Crippen LogP contribution in [0, 0.1) is 75.5 Å². The van der Waals surface area contributed by atoms with Crippen molar-refractivity contribution in [1.29, 1.82) is 0 Å². The average molecular weight is 448 g/mol. The van der Waals surface area contributed by atoms with Crippen molar-refractivity contribution >= 4 is 52.8 Å². The molecule has 0 aromatic carbocycles. The Bertz CT molecular complexity index is 19.7. The summed E-state index contributed by atoms with van der Waals surface area (Å²) in [5.74, 6) is 0. The molecular weight excluding hydrogens is 443 g/mol. The molecule has 0 aromatic rings. The van der Waals surface area contributed by atoms with Crippen LogP contribution in [0.2, 0.25) is 0 Å². The standard InChI is InChI=1S/BH3O3.Gd.La.Sr.2H/c2-1(3)4;;;;;/h2-4H;;;;;.